The van der Waals surface area contributed by atoms with Crippen molar-refractivity contribution in [3.63, 3.8) is 0 Å². The van der Waals surface area contributed by atoms with E-state index < -0.39 is 10.9 Å². The summed E-state index contributed by atoms with van der Waals surface area (Å²) < 4.78 is 2.01. The molecule has 2 heterocycles. The summed E-state index contributed by atoms with van der Waals surface area (Å²) in [5.41, 5.74) is 1.02. The van der Waals surface area contributed by atoms with Gasteiger partial charge in [-0.05, 0) is 24.6 Å². The fourth-order valence-electron chi connectivity index (χ4n) is 3.02. The molecule has 1 aliphatic rings. The molecule has 160 valence electrons. The van der Waals surface area contributed by atoms with Crippen LogP contribution in [0.2, 0.25) is 0 Å². The molecular formula is C20H17N3O6S2. The molecule has 31 heavy (non-hydrogen) atoms. The van der Waals surface area contributed by atoms with E-state index in [0.717, 1.165) is 11.8 Å². The number of nitro groups is 1. The predicted molar refractivity (Wildman–Crippen MR) is 119 cm³/mol. The average molecular weight is 460 g/mol. The Morgan fingerprint density at radius 2 is 1.94 bits per heavy atom. The maximum Gasteiger partial charge on any atom is 0.303 e. The van der Waals surface area contributed by atoms with Crippen molar-refractivity contribution in [2.24, 2.45) is 7.05 Å². The second-order valence-electron chi connectivity index (χ2n) is 6.76. The largest absolute Gasteiger partial charge is 0.481 e. The average Bonchev–Trinajstić information content (AvgIpc) is 3.21. The molecule has 1 N–H and O–H groups in total. The molecule has 1 saturated heterocycles. The van der Waals surface area contributed by atoms with Crippen LogP contribution in [0.3, 0.4) is 0 Å². The first-order valence-electron chi connectivity index (χ1n) is 9.09. The Hall–Kier alpha value is -3.31. The number of carboxylic acid groups (broad SMARTS) is 1. The van der Waals surface area contributed by atoms with Crippen LogP contribution in [0, 0.1) is 10.1 Å². The van der Waals surface area contributed by atoms with E-state index in [1.54, 1.807) is 30.1 Å². The van der Waals surface area contributed by atoms with Crippen LogP contribution in [0.15, 0.2) is 41.6 Å². The normalized spacial score (nSPS) is 15.0. The fourth-order valence-corrected chi connectivity index (χ4v) is 4.32. The van der Waals surface area contributed by atoms with Gasteiger partial charge in [-0.15, -0.1) is 0 Å². The number of aromatic nitrogens is 1. The van der Waals surface area contributed by atoms with Gasteiger partial charge in [0.15, 0.2) is 5.78 Å². The standard InChI is InChI=1S/C20H17N3O6S2/c1-21-10-13(9-16-19(27)22(20(30)31-16)8-2-3-17(24)25)15(11-21)18(26)12-4-6-14(7-5-12)23(28)29/h4-7,9-11H,2-3,8H2,1H3,(H,24,25)/b16-9+. The number of amides is 1. The van der Waals surface area contributed by atoms with Crippen molar-refractivity contribution in [1.82, 2.24) is 9.47 Å². The van der Waals surface area contributed by atoms with Crippen molar-refractivity contribution in [2.75, 3.05) is 6.54 Å². The first-order valence-corrected chi connectivity index (χ1v) is 10.3. The lowest BCUT2D eigenvalue weighted by atomic mass is 10.0. The summed E-state index contributed by atoms with van der Waals surface area (Å²) >= 11 is 6.33. The fraction of sp³-hybridized carbons (Fsp3) is 0.200. The summed E-state index contributed by atoms with van der Waals surface area (Å²) in [5, 5.41) is 19.6. The molecule has 9 nitrogen and oxygen atoms in total. The molecule has 0 saturated carbocycles. The maximum absolute atomic E-state index is 13.0. The monoisotopic (exact) mass is 459 g/mol. The van der Waals surface area contributed by atoms with Crippen LogP contribution in [0.1, 0.15) is 34.3 Å². The van der Waals surface area contributed by atoms with Crippen molar-refractivity contribution < 1.29 is 24.4 Å². The number of aryl methyl sites for hydroxylation is 1. The van der Waals surface area contributed by atoms with E-state index in [0.29, 0.717) is 20.4 Å². The number of nitro benzene ring substituents is 1. The van der Waals surface area contributed by atoms with Gasteiger partial charge < -0.3 is 9.67 Å². The van der Waals surface area contributed by atoms with Crippen LogP contribution in [0.4, 0.5) is 5.69 Å². The first-order chi connectivity index (χ1) is 14.7. The van der Waals surface area contributed by atoms with Gasteiger partial charge >= 0.3 is 5.97 Å². The van der Waals surface area contributed by atoms with Crippen LogP contribution in [-0.4, -0.2) is 48.0 Å². The van der Waals surface area contributed by atoms with Gasteiger partial charge in [0.1, 0.15) is 4.32 Å². The Kier molecular flexibility index (Phi) is 6.66. The highest BCUT2D eigenvalue weighted by atomic mass is 32.2. The van der Waals surface area contributed by atoms with Gasteiger partial charge in [-0.1, -0.05) is 24.0 Å². The molecule has 0 radical (unpaired) electrons. The Bertz CT molecular complexity index is 1120. The molecule has 1 aromatic heterocycles. The summed E-state index contributed by atoms with van der Waals surface area (Å²) in [7, 11) is 1.74. The van der Waals surface area contributed by atoms with Gasteiger partial charge in [0.05, 0.1) is 9.83 Å². The zero-order valence-electron chi connectivity index (χ0n) is 16.3. The van der Waals surface area contributed by atoms with Crippen LogP contribution < -0.4 is 0 Å². The lowest BCUT2D eigenvalue weighted by molar-refractivity contribution is -0.384. The van der Waals surface area contributed by atoms with Crippen molar-refractivity contribution in [3.8, 4) is 0 Å². The van der Waals surface area contributed by atoms with E-state index in [4.69, 9.17) is 17.3 Å². The molecule has 1 aromatic carbocycles. The van der Waals surface area contributed by atoms with Crippen LogP contribution in [0.25, 0.3) is 6.08 Å². The number of thioether (sulfide) groups is 1. The number of benzene rings is 1. The summed E-state index contributed by atoms with van der Waals surface area (Å²) in [6, 6.07) is 5.30. The number of carbonyl (C=O) groups excluding carboxylic acids is 2. The summed E-state index contributed by atoms with van der Waals surface area (Å²) in [6.45, 7) is 0.206. The minimum absolute atomic E-state index is 0.0668. The van der Waals surface area contributed by atoms with Crippen LogP contribution >= 0.6 is 24.0 Å². The SMILES string of the molecule is Cn1cc(/C=C2/SC(=S)N(CCCC(=O)O)C2=O)c(C(=O)c2ccc([N+](=O)[O-])cc2)c1. The van der Waals surface area contributed by atoms with Gasteiger partial charge in [-0.25, -0.2) is 0 Å². The Morgan fingerprint density at radius 1 is 1.26 bits per heavy atom. The zero-order chi connectivity index (χ0) is 22.7. The van der Waals surface area contributed by atoms with E-state index in [1.165, 1.54) is 29.2 Å². The lowest BCUT2D eigenvalue weighted by Gasteiger charge is -2.13. The molecule has 1 aliphatic heterocycles. The number of hydrogen-bond donors (Lipinski definition) is 1. The molecule has 3 rings (SSSR count). The Morgan fingerprint density at radius 3 is 2.55 bits per heavy atom. The van der Waals surface area contributed by atoms with E-state index in [9.17, 15) is 24.5 Å². The summed E-state index contributed by atoms with van der Waals surface area (Å²) in [6.07, 6.45) is 5.10. The number of rotatable bonds is 8. The van der Waals surface area contributed by atoms with Gasteiger partial charge in [0.25, 0.3) is 11.6 Å². The smallest absolute Gasteiger partial charge is 0.303 e. The van der Waals surface area contributed by atoms with Gasteiger partial charge in [-0.2, -0.15) is 0 Å². The highest BCUT2D eigenvalue weighted by molar-refractivity contribution is 8.26. The molecule has 1 amide bonds. The third kappa shape index (κ3) is 5.06. The minimum atomic E-state index is -0.945. The van der Waals surface area contributed by atoms with Crippen molar-refractivity contribution in [3.05, 3.63) is 68.4 Å². The van der Waals surface area contributed by atoms with E-state index >= 15 is 0 Å². The number of aliphatic carboxylic acids is 1. The lowest BCUT2D eigenvalue weighted by Crippen LogP contribution is -2.29. The molecule has 0 bridgehead atoms. The van der Waals surface area contributed by atoms with Gasteiger partial charge in [0.2, 0.25) is 0 Å². The minimum Gasteiger partial charge on any atom is -0.481 e. The molecule has 0 atom stereocenters. The topological polar surface area (TPSA) is 123 Å². The second-order valence-corrected chi connectivity index (χ2v) is 8.43. The van der Waals surface area contributed by atoms with Crippen molar-refractivity contribution >= 4 is 57.7 Å². The maximum atomic E-state index is 13.0. The molecular weight excluding hydrogens is 442 g/mol. The van der Waals surface area contributed by atoms with Crippen molar-refractivity contribution in [1.29, 1.82) is 0 Å². The number of carboxylic acids is 1. The third-order valence-electron chi connectivity index (χ3n) is 4.50. The van der Waals surface area contributed by atoms with Crippen LogP contribution in [-0.2, 0) is 16.6 Å². The van der Waals surface area contributed by atoms with Gasteiger partial charge in [-0.3, -0.25) is 29.4 Å². The van der Waals surface area contributed by atoms with E-state index in [-0.39, 0.29) is 42.3 Å². The van der Waals surface area contributed by atoms with E-state index in [2.05, 4.69) is 0 Å². The zero-order valence-corrected chi connectivity index (χ0v) is 17.9. The number of nitrogens with zero attached hydrogens (tertiary/aromatic N) is 3. The summed E-state index contributed by atoms with van der Waals surface area (Å²) in [4.78, 5) is 48.3. The molecule has 1 fully saturated rings. The van der Waals surface area contributed by atoms with Crippen molar-refractivity contribution in [2.45, 2.75) is 12.8 Å². The first kappa shape index (κ1) is 22.4. The van der Waals surface area contributed by atoms with E-state index in [1.807, 2.05) is 0 Å². The quantitative estimate of drug-likeness (QED) is 0.210. The highest BCUT2D eigenvalue weighted by Gasteiger charge is 2.32. The molecule has 0 spiro atoms. The molecule has 0 unspecified atom stereocenters. The molecule has 11 heteroatoms. The highest BCUT2D eigenvalue weighted by Crippen LogP contribution is 2.33. The second kappa shape index (κ2) is 9.23. The third-order valence-corrected chi connectivity index (χ3v) is 5.88. The number of hydrogen-bond acceptors (Lipinski definition) is 7. The molecule has 2 aromatic rings. The Balaban J connectivity index is 1.84. The number of carbonyl (C=O) groups is 3. The molecule has 0 aliphatic carbocycles. The number of ketones is 1. The number of non-ortho nitro benzene ring substituents is 1. The Labute approximate surface area is 186 Å². The predicted octanol–water partition coefficient (Wildman–Crippen LogP) is 3.23. The van der Waals surface area contributed by atoms with Gasteiger partial charge in [0, 0.05) is 61.2 Å². The summed E-state index contributed by atoms with van der Waals surface area (Å²) in [5.74, 6) is -1.61. The number of thiocarbonyl (C=S) groups is 1. The van der Waals surface area contributed by atoms with Crippen LogP contribution in [0.5, 0.6) is 0 Å².